The van der Waals surface area contributed by atoms with E-state index in [1.54, 1.807) is 0 Å². The average molecular weight is 377 g/mol. The molecule has 5 heteroatoms. The minimum absolute atomic E-state index is 0.426. The summed E-state index contributed by atoms with van der Waals surface area (Å²) in [7, 11) is 0. The maximum absolute atomic E-state index is 10.1. The molecule has 1 heterocycles. The molecule has 0 spiro atoms. The minimum atomic E-state index is -0.438. The summed E-state index contributed by atoms with van der Waals surface area (Å²) in [6.45, 7) is 0.795. The number of nitrogens with zero attached hydrogens (tertiary/aromatic N) is 4. The molecule has 5 rings (SSSR count). The van der Waals surface area contributed by atoms with Crippen LogP contribution in [0, 0.1) is 17.2 Å². The van der Waals surface area contributed by atoms with Crippen LogP contribution in [0.4, 0.5) is 0 Å². The Morgan fingerprint density at radius 3 is 2.43 bits per heavy atom. The lowest BCUT2D eigenvalue weighted by molar-refractivity contribution is -0.0940. The summed E-state index contributed by atoms with van der Waals surface area (Å²) in [5.41, 5.74) is 0.262. The molecule has 0 amide bonds. The Kier molecular flexibility index (Phi) is 4.47. The van der Waals surface area contributed by atoms with Gasteiger partial charge >= 0.3 is 0 Å². The van der Waals surface area contributed by atoms with Gasteiger partial charge in [0.2, 0.25) is 0 Å². The van der Waals surface area contributed by atoms with Crippen molar-refractivity contribution in [1.29, 1.82) is 5.26 Å². The number of nitriles is 1. The first-order valence-corrected chi connectivity index (χ1v) is 10.8. The van der Waals surface area contributed by atoms with Gasteiger partial charge in [-0.15, -0.1) is 0 Å². The maximum Gasteiger partial charge on any atom is 0.182 e. The van der Waals surface area contributed by atoms with E-state index in [4.69, 9.17) is 14.8 Å². The largest absolute Gasteiger partial charge is 0.367 e. The van der Waals surface area contributed by atoms with Crippen molar-refractivity contribution >= 4 is 0 Å². The molecule has 2 aromatic rings. The lowest BCUT2D eigenvalue weighted by Gasteiger charge is -2.42. The van der Waals surface area contributed by atoms with Gasteiger partial charge in [-0.1, -0.05) is 30.3 Å². The van der Waals surface area contributed by atoms with Crippen LogP contribution in [0.5, 0.6) is 0 Å². The van der Waals surface area contributed by atoms with Gasteiger partial charge in [0.05, 0.1) is 24.1 Å². The molecule has 0 unspecified atom stereocenters. The van der Waals surface area contributed by atoms with Crippen molar-refractivity contribution in [3.8, 4) is 6.07 Å². The van der Waals surface area contributed by atoms with Crippen molar-refractivity contribution < 1.29 is 4.74 Å². The topological polar surface area (TPSA) is 63.7 Å². The summed E-state index contributed by atoms with van der Waals surface area (Å²) < 4.78 is 8.60. The molecule has 5 nitrogen and oxygen atoms in total. The molecule has 3 saturated carbocycles. The van der Waals surface area contributed by atoms with Gasteiger partial charge in [0, 0.05) is 0 Å². The standard InChI is InChI=1S/C23H28N4O/c24-16-22(19-5-2-1-3-6-19)11-13-23(14-12-22,28-15-18-9-10-18)21-25-17-27(26-21)20-7-4-8-20/h1-3,5-6,17-18,20H,4,7-15H2. The van der Waals surface area contributed by atoms with Crippen LogP contribution in [0.2, 0.25) is 0 Å². The van der Waals surface area contributed by atoms with Crippen molar-refractivity contribution in [2.45, 2.75) is 74.8 Å². The van der Waals surface area contributed by atoms with Crippen LogP contribution in [0.15, 0.2) is 36.7 Å². The van der Waals surface area contributed by atoms with Gasteiger partial charge in [-0.25, -0.2) is 9.67 Å². The smallest absolute Gasteiger partial charge is 0.182 e. The Balaban J connectivity index is 1.40. The molecule has 1 aromatic heterocycles. The van der Waals surface area contributed by atoms with Gasteiger partial charge in [0.1, 0.15) is 11.9 Å². The highest BCUT2D eigenvalue weighted by molar-refractivity contribution is 5.34. The maximum atomic E-state index is 10.1. The predicted molar refractivity (Wildman–Crippen MR) is 105 cm³/mol. The Morgan fingerprint density at radius 2 is 1.82 bits per heavy atom. The summed E-state index contributed by atoms with van der Waals surface area (Å²) in [6.07, 6.45) is 11.3. The molecule has 0 N–H and O–H groups in total. The van der Waals surface area contributed by atoms with Crippen LogP contribution in [0.1, 0.15) is 75.2 Å². The van der Waals surface area contributed by atoms with E-state index in [1.165, 1.54) is 32.1 Å². The fourth-order valence-corrected chi connectivity index (χ4v) is 4.61. The number of hydrogen-bond acceptors (Lipinski definition) is 4. The highest BCUT2D eigenvalue weighted by atomic mass is 16.5. The third-order valence-corrected chi connectivity index (χ3v) is 7.11. The second-order valence-corrected chi connectivity index (χ2v) is 8.94. The fourth-order valence-electron chi connectivity index (χ4n) is 4.61. The lowest BCUT2D eigenvalue weighted by atomic mass is 9.65. The van der Waals surface area contributed by atoms with Gasteiger partial charge in [0.15, 0.2) is 5.82 Å². The van der Waals surface area contributed by atoms with Crippen LogP contribution in [0.3, 0.4) is 0 Å². The first-order valence-electron chi connectivity index (χ1n) is 10.8. The quantitative estimate of drug-likeness (QED) is 0.735. The molecule has 0 radical (unpaired) electrons. The van der Waals surface area contributed by atoms with Crippen molar-refractivity contribution in [1.82, 2.24) is 14.8 Å². The van der Waals surface area contributed by atoms with Crippen LogP contribution >= 0.6 is 0 Å². The summed E-state index contributed by atoms with van der Waals surface area (Å²) in [6, 6.07) is 13.4. The van der Waals surface area contributed by atoms with E-state index in [0.29, 0.717) is 12.0 Å². The predicted octanol–water partition coefficient (Wildman–Crippen LogP) is 4.66. The van der Waals surface area contributed by atoms with Crippen molar-refractivity contribution in [2.75, 3.05) is 6.61 Å². The van der Waals surface area contributed by atoms with Gasteiger partial charge < -0.3 is 4.74 Å². The van der Waals surface area contributed by atoms with E-state index in [9.17, 15) is 5.26 Å². The number of benzene rings is 1. The van der Waals surface area contributed by atoms with Gasteiger partial charge in [0.25, 0.3) is 0 Å². The summed E-state index contributed by atoms with van der Waals surface area (Å²) >= 11 is 0. The molecule has 3 aliphatic rings. The molecule has 28 heavy (non-hydrogen) atoms. The SMILES string of the molecule is N#CC1(c2ccccc2)CCC(OCC2CC2)(c2ncn(C3CCC3)n2)CC1. The van der Waals surface area contributed by atoms with Crippen LogP contribution in [0.25, 0.3) is 0 Å². The number of ether oxygens (including phenoxy) is 1. The molecule has 1 aromatic carbocycles. The number of rotatable bonds is 6. The second kappa shape index (κ2) is 7.00. The fraction of sp³-hybridized carbons (Fsp3) is 0.609. The first kappa shape index (κ1) is 17.9. The highest BCUT2D eigenvalue weighted by Gasteiger charge is 2.48. The Bertz CT molecular complexity index is 852. The Labute approximate surface area is 166 Å². The van der Waals surface area contributed by atoms with E-state index in [0.717, 1.165) is 43.7 Å². The van der Waals surface area contributed by atoms with E-state index >= 15 is 0 Å². The third kappa shape index (κ3) is 3.14. The van der Waals surface area contributed by atoms with Crippen molar-refractivity contribution in [3.63, 3.8) is 0 Å². The summed E-state index contributed by atoms with van der Waals surface area (Å²) in [5, 5.41) is 14.9. The molecule has 0 saturated heterocycles. The van der Waals surface area contributed by atoms with Gasteiger partial charge in [-0.3, -0.25) is 0 Å². The van der Waals surface area contributed by atoms with E-state index in [1.807, 2.05) is 29.2 Å². The Morgan fingerprint density at radius 1 is 1.07 bits per heavy atom. The molecule has 0 atom stereocenters. The minimum Gasteiger partial charge on any atom is -0.367 e. The van der Waals surface area contributed by atoms with E-state index in [-0.39, 0.29) is 0 Å². The molecule has 0 aliphatic heterocycles. The lowest BCUT2D eigenvalue weighted by Crippen LogP contribution is -2.42. The highest BCUT2D eigenvalue weighted by Crippen LogP contribution is 2.49. The normalized spacial score (nSPS) is 30.5. The zero-order valence-corrected chi connectivity index (χ0v) is 16.4. The Hall–Kier alpha value is -2.19. The third-order valence-electron chi connectivity index (χ3n) is 7.11. The van der Waals surface area contributed by atoms with Crippen LogP contribution in [-0.2, 0) is 15.8 Å². The monoisotopic (exact) mass is 376 g/mol. The van der Waals surface area contributed by atoms with Crippen molar-refractivity contribution in [3.05, 3.63) is 48.0 Å². The second-order valence-electron chi connectivity index (χ2n) is 8.94. The van der Waals surface area contributed by atoms with Crippen molar-refractivity contribution in [2.24, 2.45) is 5.92 Å². The van der Waals surface area contributed by atoms with E-state index in [2.05, 4.69) is 18.2 Å². The molecular formula is C23H28N4O. The summed E-state index contributed by atoms with van der Waals surface area (Å²) in [5.74, 6) is 1.53. The molecule has 3 aliphatic carbocycles. The van der Waals surface area contributed by atoms with E-state index < -0.39 is 11.0 Å². The zero-order chi connectivity index (χ0) is 19.0. The van der Waals surface area contributed by atoms with Crippen LogP contribution < -0.4 is 0 Å². The van der Waals surface area contributed by atoms with Gasteiger partial charge in [-0.2, -0.15) is 10.4 Å². The molecular weight excluding hydrogens is 348 g/mol. The number of hydrogen-bond donors (Lipinski definition) is 0. The van der Waals surface area contributed by atoms with Crippen LogP contribution in [-0.4, -0.2) is 21.4 Å². The summed E-state index contributed by atoms with van der Waals surface area (Å²) in [4.78, 5) is 4.70. The zero-order valence-electron chi connectivity index (χ0n) is 16.4. The average Bonchev–Trinajstić information content (AvgIpc) is 3.42. The number of aromatic nitrogens is 3. The molecule has 146 valence electrons. The molecule has 0 bridgehead atoms. The first-order chi connectivity index (χ1) is 13.7. The van der Waals surface area contributed by atoms with Gasteiger partial charge in [-0.05, 0) is 69.3 Å². The molecule has 3 fully saturated rings.